The minimum atomic E-state index is -0.146. The maximum absolute atomic E-state index is 10.2. The molecule has 2 heteroatoms. The number of aliphatic hydroxyl groups is 2. The SMILES string of the molecule is C[C@H](O)CCC[C@@H](C)[C@H]1CCC2[C@@H]3CC=C4CC(O)CCC4(C)C3CCC21C. The summed E-state index contributed by atoms with van der Waals surface area (Å²) in [6, 6.07) is 0. The van der Waals surface area contributed by atoms with Gasteiger partial charge in [-0.1, -0.05) is 45.3 Å². The Hall–Kier alpha value is -0.340. The lowest BCUT2D eigenvalue weighted by molar-refractivity contribution is -0.0573. The van der Waals surface area contributed by atoms with E-state index in [2.05, 4.69) is 26.8 Å². The van der Waals surface area contributed by atoms with Gasteiger partial charge in [0.15, 0.2) is 0 Å². The van der Waals surface area contributed by atoms with Crippen LogP contribution >= 0.6 is 0 Å². The molecule has 4 aliphatic rings. The van der Waals surface area contributed by atoms with Gasteiger partial charge in [-0.25, -0.2) is 0 Å². The molecule has 3 fully saturated rings. The molecule has 0 aliphatic heterocycles. The molecular weight excluding hydrogens is 344 g/mol. The van der Waals surface area contributed by atoms with Gasteiger partial charge in [-0.15, -0.1) is 0 Å². The maximum Gasteiger partial charge on any atom is 0.0577 e. The van der Waals surface area contributed by atoms with Crippen LogP contribution in [0.25, 0.3) is 0 Å². The maximum atomic E-state index is 10.2. The largest absolute Gasteiger partial charge is 0.393 e. The molecule has 0 saturated heterocycles. The van der Waals surface area contributed by atoms with Gasteiger partial charge < -0.3 is 10.2 Å². The van der Waals surface area contributed by atoms with Crippen molar-refractivity contribution < 1.29 is 10.2 Å². The second kappa shape index (κ2) is 7.73. The average Bonchev–Trinajstić information content (AvgIpc) is 2.99. The quantitative estimate of drug-likeness (QED) is 0.558. The third kappa shape index (κ3) is 3.41. The van der Waals surface area contributed by atoms with E-state index in [0.717, 1.165) is 48.9 Å². The summed E-state index contributed by atoms with van der Waals surface area (Å²) in [5, 5.41) is 19.8. The molecule has 4 rings (SSSR count). The van der Waals surface area contributed by atoms with E-state index in [1.807, 2.05) is 6.92 Å². The van der Waals surface area contributed by atoms with Crippen molar-refractivity contribution in [3.8, 4) is 0 Å². The highest BCUT2D eigenvalue weighted by molar-refractivity contribution is 5.25. The Morgan fingerprint density at radius 2 is 1.82 bits per heavy atom. The summed E-state index contributed by atoms with van der Waals surface area (Å²) in [6.45, 7) is 9.60. The van der Waals surface area contributed by atoms with Crippen LogP contribution in [0.2, 0.25) is 0 Å². The predicted molar refractivity (Wildman–Crippen MR) is 116 cm³/mol. The summed E-state index contributed by atoms with van der Waals surface area (Å²) in [4.78, 5) is 0. The van der Waals surface area contributed by atoms with Gasteiger partial charge in [0.1, 0.15) is 0 Å². The van der Waals surface area contributed by atoms with E-state index >= 15 is 0 Å². The lowest BCUT2D eigenvalue weighted by atomic mass is 9.47. The number of aliphatic hydroxyl groups excluding tert-OH is 2. The smallest absolute Gasteiger partial charge is 0.0577 e. The van der Waals surface area contributed by atoms with Crippen LogP contribution in [0.15, 0.2) is 11.6 Å². The van der Waals surface area contributed by atoms with Crippen LogP contribution in [-0.2, 0) is 0 Å². The second-order valence-corrected chi connectivity index (χ2v) is 11.6. The number of hydrogen-bond acceptors (Lipinski definition) is 2. The molecule has 2 N–H and O–H groups in total. The molecule has 0 amide bonds. The molecule has 0 radical (unpaired) electrons. The van der Waals surface area contributed by atoms with Crippen molar-refractivity contribution in [2.45, 2.75) is 111 Å². The molecule has 2 nitrogen and oxygen atoms in total. The minimum Gasteiger partial charge on any atom is -0.393 e. The molecule has 28 heavy (non-hydrogen) atoms. The standard InChI is InChI=1S/C26H44O2/c1-17(6-5-7-18(2)27)22-10-11-23-21-9-8-19-16-20(28)12-14-25(19,3)24(21)13-15-26(22,23)4/h8,17-18,20-24,27-28H,5-7,9-16H2,1-4H3/t17-,18+,20?,21+,22-,23?,24?,25?,26?/m1/s1. The van der Waals surface area contributed by atoms with Crippen molar-refractivity contribution >= 4 is 0 Å². The Morgan fingerprint density at radius 1 is 1.04 bits per heavy atom. The highest BCUT2D eigenvalue weighted by Crippen LogP contribution is 2.67. The Morgan fingerprint density at radius 3 is 2.57 bits per heavy atom. The molecule has 3 saturated carbocycles. The third-order valence-corrected chi connectivity index (χ3v) is 10.1. The summed E-state index contributed by atoms with van der Waals surface area (Å²) >= 11 is 0. The Bertz CT molecular complexity index is 595. The Labute approximate surface area is 173 Å². The molecule has 0 aromatic carbocycles. The van der Waals surface area contributed by atoms with Crippen LogP contribution in [0.1, 0.15) is 98.3 Å². The van der Waals surface area contributed by atoms with Gasteiger partial charge in [0.25, 0.3) is 0 Å². The topological polar surface area (TPSA) is 40.5 Å². The molecule has 0 spiro atoms. The van der Waals surface area contributed by atoms with Gasteiger partial charge >= 0.3 is 0 Å². The molecular formula is C26H44O2. The first-order chi connectivity index (χ1) is 13.3. The molecule has 0 aromatic heterocycles. The van der Waals surface area contributed by atoms with Crippen LogP contribution in [0.4, 0.5) is 0 Å². The molecule has 0 bridgehead atoms. The van der Waals surface area contributed by atoms with Gasteiger partial charge in [0, 0.05) is 0 Å². The molecule has 0 aromatic rings. The lowest BCUT2D eigenvalue weighted by Crippen LogP contribution is -2.50. The van der Waals surface area contributed by atoms with Crippen molar-refractivity contribution in [3.05, 3.63) is 11.6 Å². The van der Waals surface area contributed by atoms with E-state index in [4.69, 9.17) is 0 Å². The van der Waals surface area contributed by atoms with Crippen molar-refractivity contribution in [2.75, 3.05) is 0 Å². The summed E-state index contributed by atoms with van der Waals surface area (Å²) in [6.07, 6.45) is 15.8. The summed E-state index contributed by atoms with van der Waals surface area (Å²) in [7, 11) is 0. The van der Waals surface area contributed by atoms with E-state index in [-0.39, 0.29) is 12.2 Å². The lowest BCUT2D eigenvalue weighted by Gasteiger charge is -2.58. The molecule has 9 atom stereocenters. The summed E-state index contributed by atoms with van der Waals surface area (Å²) in [5.74, 6) is 4.29. The number of rotatable bonds is 5. The Kier molecular flexibility index (Phi) is 5.77. The zero-order chi connectivity index (χ0) is 20.1. The van der Waals surface area contributed by atoms with Crippen LogP contribution in [0, 0.1) is 40.4 Å². The van der Waals surface area contributed by atoms with Gasteiger partial charge in [-0.05, 0) is 105 Å². The molecule has 4 aliphatic carbocycles. The van der Waals surface area contributed by atoms with Gasteiger partial charge in [-0.3, -0.25) is 0 Å². The zero-order valence-electron chi connectivity index (χ0n) is 18.8. The number of fused-ring (bicyclic) bond motifs is 5. The molecule has 160 valence electrons. The van der Waals surface area contributed by atoms with Gasteiger partial charge in [0.05, 0.1) is 12.2 Å². The highest BCUT2D eigenvalue weighted by Gasteiger charge is 2.59. The normalized spacial score (nSPS) is 47.5. The fourth-order valence-electron chi connectivity index (χ4n) is 8.55. The number of hydrogen-bond donors (Lipinski definition) is 2. The molecule has 0 heterocycles. The van der Waals surface area contributed by atoms with Gasteiger partial charge in [0.2, 0.25) is 0 Å². The fraction of sp³-hybridized carbons (Fsp3) is 0.923. The van der Waals surface area contributed by atoms with E-state index in [1.165, 1.54) is 51.4 Å². The van der Waals surface area contributed by atoms with Crippen molar-refractivity contribution in [3.63, 3.8) is 0 Å². The minimum absolute atomic E-state index is 0.0944. The van der Waals surface area contributed by atoms with Crippen LogP contribution in [0.5, 0.6) is 0 Å². The summed E-state index contributed by atoms with van der Waals surface area (Å²) < 4.78 is 0. The van der Waals surface area contributed by atoms with E-state index in [0.29, 0.717) is 10.8 Å². The van der Waals surface area contributed by atoms with Crippen LogP contribution < -0.4 is 0 Å². The third-order valence-electron chi connectivity index (χ3n) is 10.1. The van der Waals surface area contributed by atoms with Crippen molar-refractivity contribution in [1.82, 2.24) is 0 Å². The van der Waals surface area contributed by atoms with E-state index < -0.39 is 0 Å². The molecule has 5 unspecified atom stereocenters. The average molecular weight is 389 g/mol. The van der Waals surface area contributed by atoms with Crippen LogP contribution in [-0.4, -0.2) is 22.4 Å². The van der Waals surface area contributed by atoms with Crippen molar-refractivity contribution in [1.29, 1.82) is 0 Å². The highest BCUT2D eigenvalue weighted by atomic mass is 16.3. The number of allylic oxidation sites excluding steroid dienone is 1. The van der Waals surface area contributed by atoms with Crippen LogP contribution in [0.3, 0.4) is 0 Å². The van der Waals surface area contributed by atoms with Crippen molar-refractivity contribution in [2.24, 2.45) is 40.4 Å². The monoisotopic (exact) mass is 388 g/mol. The predicted octanol–water partition coefficient (Wildman–Crippen LogP) is 6.11. The first kappa shape index (κ1) is 20.9. The zero-order valence-corrected chi connectivity index (χ0v) is 18.8. The van der Waals surface area contributed by atoms with Gasteiger partial charge in [-0.2, -0.15) is 0 Å². The first-order valence-electron chi connectivity index (χ1n) is 12.3. The first-order valence-corrected chi connectivity index (χ1v) is 12.3. The second-order valence-electron chi connectivity index (χ2n) is 11.6. The van der Waals surface area contributed by atoms with E-state index in [9.17, 15) is 10.2 Å². The Balaban J connectivity index is 1.49. The van der Waals surface area contributed by atoms with E-state index in [1.54, 1.807) is 5.57 Å². The fourth-order valence-corrected chi connectivity index (χ4v) is 8.55. The summed E-state index contributed by atoms with van der Waals surface area (Å²) in [5.41, 5.74) is 2.49.